The number of anilines is 1. The first-order valence-corrected chi connectivity index (χ1v) is 9.91. The highest BCUT2D eigenvalue weighted by molar-refractivity contribution is 5.94. The van der Waals surface area contributed by atoms with Gasteiger partial charge >= 0.3 is 0 Å². The maximum atomic E-state index is 12.5. The Labute approximate surface area is 165 Å². The average molecular weight is 387 g/mol. The summed E-state index contributed by atoms with van der Waals surface area (Å²) in [5.74, 6) is 0.959. The average Bonchev–Trinajstić information content (AvgIpc) is 3.11. The predicted octanol–water partition coefficient (Wildman–Crippen LogP) is 0.738. The van der Waals surface area contributed by atoms with Crippen molar-refractivity contribution in [3.05, 3.63) is 23.9 Å². The third-order valence-corrected chi connectivity index (χ3v) is 5.39. The summed E-state index contributed by atoms with van der Waals surface area (Å²) in [6.07, 6.45) is 4.86. The zero-order valence-corrected chi connectivity index (χ0v) is 16.7. The minimum Gasteiger partial charge on any atom is -0.363 e. The molecule has 1 aromatic heterocycles. The summed E-state index contributed by atoms with van der Waals surface area (Å²) in [4.78, 5) is 46.2. The second-order valence-corrected chi connectivity index (χ2v) is 7.78. The van der Waals surface area contributed by atoms with E-state index < -0.39 is 0 Å². The molecule has 2 aliphatic heterocycles. The van der Waals surface area contributed by atoms with E-state index in [1.54, 1.807) is 17.2 Å². The van der Waals surface area contributed by atoms with E-state index in [-0.39, 0.29) is 30.2 Å². The zero-order chi connectivity index (χ0) is 20.1. The molecule has 8 heteroatoms. The number of carbonyl (C=O) groups is 3. The largest absolute Gasteiger partial charge is 0.363 e. The lowest BCUT2D eigenvalue weighted by atomic mass is 9.97. The van der Waals surface area contributed by atoms with Crippen molar-refractivity contribution in [2.45, 2.75) is 25.7 Å². The number of nitrogens with one attached hydrogen (secondary N) is 1. The maximum Gasteiger partial charge on any atom is 0.252 e. The molecule has 0 spiro atoms. The minimum atomic E-state index is -0.149. The molecule has 152 valence electrons. The predicted molar refractivity (Wildman–Crippen MR) is 106 cm³/mol. The SMILES string of the molecule is CN(C)c1ccc(C(=O)NCC2CCCN(C(=O)CN3CCCC3=O)C2)cn1. The molecule has 2 saturated heterocycles. The van der Waals surface area contributed by atoms with Crippen LogP contribution in [-0.2, 0) is 9.59 Å². The normalized spacial score (nSPS) is 19.6. The van der Waals surface area contributed by atoms with E-state index in [4.69, 9.17) is 0 Å². The Bertz CT molecular complexity index is 719. The summed E-state index contributed by atoms with van der Waals surface area (Å²) in [6.45, 7) is 2.74. The van der Waals surface area contributed by atoms with Gasteiger partial charge in [0.05, 0.1) is 12.1 Å². The highest BCUT2D eigenvalue weighted by Crippen LogP contribution is 2.17. The Morgan fingerprint density at radius 1 is 1.25 bits per heavy atom. The van der Waals surface area contributed by atoms with Crippen LogP contribution in [0.1, 0.15) is 36.0 Å². The highest BCUT2D eigenvalue weighted by atomic mass is 16.2. The minimum absolute atomic E-state index is 0.00903. The molecule has 8 nitrogen and oxygen atoms in total. The van der Waals surface area contributed by atoms with Crippen molar-refractivity contribution in [2.24, 2.45) is 5.92 Å². The van der Waals surface area contributed by atoms with Gasteiger partial charge in [0.25, 0.3) is 5.91 Å². The van der Waals surface area contributed by atoms with Gasteiger partial charge in [0.1, 0.15) is 5.82 Å². The van der Waals surface area contributed by atoms with Crippen molar-refractivity contribution in [3.63, 3.8) is 0 Å². The third-order valence-electron chi connectivity index (χ3n) is 5.39. The van der Waals surface area contributed by atoms with Gasteiger partial charge in [0.2, 0.25) is 11.8 Å². The molecule has 1 aromatic rings. The Hall–Kier alpha value is -2.64. The Morgan fingerprint density at radius 2 is 2.07 bits per heavy atom. The summed E-state index contributed by atoms with van der Waals surface area (Å²) in [5, 5.41) is 2.96. The molecule has 1 atom stereocenters. The lowest BCUT2D eigenvalue weighted by molar-refractivity contribution is -0.139. The van der Waals surface area contributed by atoms with Gasteiger partial charge in [-0.15, -0.1) is 0 Å². The zero-order valence-electron chi connectivity index (χ0n) is 16.7. The quantitative estimate of drug-likeness (QED) is 0.778. The summed E-state index contributed by atoms with van der Waals surface area (Å²) < 4.78 is 0. The maximum absolute atomic E-state index is 12.5. The van der Waals surface area contributed by atoms with E-state index in [0.717, 1.165) is 31.6 Å². The molecule has 3 amide bonds. The Morgan fingerprint density at radius 3 is 2.71 bits per heavy atom. The van der Waals surface area contributed by atoms with Crippen LogP contribution in [0, 0.1) is 5.92 Å². The molecule has 0 radical (unpaired) electrons. The molecule has 0 aromatic carbocycles. The first-order chi connectivity index (χ1) is 13.4. The van der Waals surface area contributed by atoms with Gasteiger partial charge in [-0.1, -0.05) is 0 Å². The summed E-state index contributed by atoms with van der Waals surface area (Å²) >= 11 is 0. The number of amides is 3. The first-order valence-electron chi connectivity index (χ1n) is 9.91. The monoisotopic (exact) mass is 387 g/mol. The molecule has 1 N–H and O–H groups in total. The van der Waals surface area contributed by atoms with Crippen LogP contribution < -0.4 is 10.2 Å². The first kappa shape index (κ1) is 20.1. The van der Waals surface area contributed by atoms with Gasteiger partial charge in [-0.3, -0.25) is 14.4 Å². The molecule has 2 aliphatic rings. The number of hydrogen-bond donors (Lipinski definition) is 1. The van der Waals surface area contributed by atoms with E-state index in [1.165, 1.54) is 0 Å². The van der Waals surface area contributed by atoms with Crippen LogP contribution in [0.15, 0.2) is 18.3 Å². The van der Waals surface area contributed by atoms with Gasteiger partial charge in [-0.05, 0) is 37.3 Å². The van der Waals surface area contributed by atoms with Gasteiger partial charge in [-0.2, -0.15) is 0 Å². The molecular formula is C20H29N5O3. The van der Waals surface area contributed by atoms with E-state index in [2.05, 4.69) is 10.3 Å². The molecule has 3 heterocycles. The number of rotatable bonds is 6. The van der Waals surface area contributed by atoms with Crippen LogP contribution in [0.2, 0.25) is 0 Å². The summed E-state index contributed by atoms with van der Waals surface area (Å²) in [6, 6.07) is 3.58. The highest BCUT2D eigenvalue weighted by Gasteiger charge is 2.28. The Balaban J connectivity index is 1.47. The van der Waals surface area contributed by atoms with Gasteiger partial charge < -0.3 is 20.0 Å². The van der Waals surface area contributed by atoms with Crippen molar-refractivity contribution in [2.75, 3.05) is 51.7 Å². The van der Waals surface area contributed by atoms with Crippen LogP contribution in [-0.4, -0.2) is 79.3 Å². The van der Waals surface area contributed by atoms with Crippen molar-refractivity contribution in [1.29, 1.82) is 0 Å². The lowest BCUT2D eigenvalue weighted by Gasteiger charge is -2.34. The summed E-state index contributed by atoms with van der Waals surface area (Å²) in [5.41, 5.74) is 0.530. The van der Waals surface area contributed by atoms with Crippen LogP contribution in [0.5, 0.6) is 0 Å². The van der Waals surface area contributed by atoms with Gasteiger partial charge in [0, 0.05) is 52.9 Å². The number of piperidine rings is 1. The number of nitrogens with zero attached hydrogens (tertiary/aromatic N) is 4. The van der Waals surface area contributed by atoms with E-state index in [1.807, 2.05) is 30.0 Å². The summed E-state index contributed by atoms with van der Waals surface area (Å²) in [7, 11) is 3.80. The molecule has 1 unspecified atom stereocenters. The smallest absolute Gasteiger partial charge is 0.252 e. The second-order valence-electron chi connectivity index (χ2n) is 7.78. The second kappa shape index (κ2) is 9.03. The number of pyridine rings is 1. The molecule has 0 aliphatic carbocycles. The fourth-order valence-corrected chi connectivity index (χ4v) is 3.72. The number of aromatic nitrogens is 1. The molecular weight excluding hydrogens is 358 g/mol. The van der Waals surface area contributed by atoms with Gasteiger partial charge in [0.15, 0.2) is 0 Å². The van der Waals surface area contributed by atoms with Crippen LogP contribution in [0.4, 0.5) is 5.82 Å². The third kappa shape index (κ3) is 4.99. The van der Waals surface area contributed by atoms with Crippen molar-refractivity contribution in [1.82, 2.24) is 20.1 Å². The molecule has 28 heavy (non-hydrogen) atoms. The van der Waals surface area contributed by atoms with Crippen LogP contribution in [0.3, 0.4) is 0 Å². The number of likely N-dealkylation sites (tertiary alicyclic amines) is 2. The Kier molecular flexibility index (Phi) is 6.49. The topological polar surface area (TPSA) is 85.9 Å². The number of hydrogen-bond acceptors (Lipinski definition) is 5. The lowest BCUT2D eigenvalue weighted by Crippen LogP contribution is -2.47. The van der Waals surface area contributed by atoms with Crippen molar-refractivity contribution in [3.8, 4) is 0 Å². The van der Waals surface area contributed by atoms with Crippen LogP contribution in [0.25, 0.3) is 0 Å². The standard InChI is InChI=1S/C20H29N5O3/c1-23(2)17-8-7-16(12-21-17)20(28)22-11-15-5-3-9-24(13-15)19(27)14-25-10-4-6-18(25)26/h7-8,12,15H,3-6,9-11,13-14H2,1-2H3,(H,22,28). The fraction of sp³-hybridized carbons (Fsp3) is 0.600. The molecule has 0 bridgehead atoms. The number of carbonyl (C=O) groups excluding carboxylic acids is 3. The molecule has 2 fully saturated rings. The van der Waals surface area contributed by atoms with Gasteiger partial charge in [-0.25, -0.2) is 4.98 Å². The van der Waals surface area contributed by atoms with Crippen molar-refractivity contribution < 1.29 is 14.4 Å². The van der Waals surface area contributed by atoms with Crippen LogP contribution >= 0.6 is 0 Å². The fourth-order valence-electron chi connectivity index (χ4n) is 3.72. The molecule has 0 saturated carbocycles. The van der Waals surface area contributed by atoms with Crippen molar-refractivity contribution >= 4 is 23.5 Å². The molecule has 3 rings (SSSR count). The van der Waals surface area contributed by atoms with E-state index in [9.17, 15) is 14.4 Å². The van der Waals surface area contributed by atoms with E-state index >= 15 is 0 Å². The van der Waals surface area contributed by atoms with E-state index in [0.29, 0.717) is 31.6 Å².